The highest BCUT2D eigenvalue weighted by atomic mass is 32.2. The molecular weight excluding hydrogens is 526 g/mol. The van der Waals surface area contributed by atoms with Crippen LogP contribution in [0, 0.1) is 5.82 Å². The number of halogens is 4. The minimum absolute atomic E-state index is 0.0813. The standard InChI is InChI=1S/C31H27F4NO2S/c32-26-18-16-22(17-19-26)28(31(33,34)35)36-27(29(37)38)20-21-39-30(23-10-4-1-5-11-23,24-12-6-2-7-13-24)25-14-8-3-9-15-25/h1-19,27-28,36H,20-21H2,(H,37,38)/t27?,28-/m0/s1. The monoisotopic (exact) mass is 553 g/mol. The number of nitrogens with one attached hydrogen (secondary N) is 1. The van der Waals surface area contributed by atoms with Crippen LogP contribution in [-0.2, 0) is 9.54 Å². The van der Waals surface area contributed by atoms with Crippen molar-refractivity contribution in [3.8, 4) is 0 Å². The lowest BCUT2D eigenvalue weighted by Gasteiger charge is -2.36. The summed E-state index contributed by atoms with van der Waals surface area (Å²) in [6.07, 6.45) is -4.86. The summed E-state index contributed by atoms with van der Waals surface area (Å²) in [6.45, 7) is 0. The van der Waals surface area contributed by atoms with Gasteiger partial charge in [-0.15, -0.1) is 11.8 Å². The van der Waals surface area contributed by atoms with Gasteiger partial charge in [0.15, 0.2) is 0 Å². The van der Waals surface area contributed by atoms with Gasteiger partial charge in [-0.25, -0.2) is 4.39 Å². The van der Waals surface area contributed by atoms with Gasteiger partial charge >= 0.3 is 12.1 Å². The van der Waals surface area contributed by atoms with Crippen LogP contribution in [0.2, 0.25) is 0 Å². The topological polar surface area (TPSA) is 49.3 Å². The summed E-state index contributed by atoms with van der Waals surface area (Å²) < 4.78 is 54.5. The highest BCUT2D eigenvalue weighted by molar-refractivity contribution is 8.00. The Morgan fingerprint density at radius 1 is 0.744 bits per heavy atom. The summed E-state index contributed by atoms with van der Waals surface area (Å²) in [5, 5.41) is 12.1. The van der Waals surface area contributed by atoms with E-state index in [0.29, 0.717) is 0 Å². The van der Waals surface area contributed by atoms with Crippen LogP contribution in [0.15, 0.2) is 115 Å². The quantitative estimate of drug-likeness (QED) is 0.148. The fourth-order valence-electron chi connectivity index (χ4n) is 4.61. The molecule has 0 aliphatic carbocycles. The fraction of sp³-hybridized carbons (Fsp3) is 0.194. The molecule has 0 aromatic heterocycles. The minimum atomic E-state index is -4.78. The molecule has 2 atom stereocenters. The largest absolute Gasteiger partial charge is 0.480 e. The van der Waals surface area contributed by atoms with E-state index < -0.39 is 34.8 Å². The van der Waals surface area contributed by atoms with Crippen molar-refractivity contribution in [2.45, 2.75) is 29.4 Å². The van der Waals surface area contributed by atoms with Gasteiger partial charge in [-0.2, -0.15) is 13.2 Å². The van der Waals surface area contributed by atoms with E-state index in [0.717, 1.165) is 41.0 Å². The summed E-state index contributed by atoms with van der Waals surface area (Å²) in [5.74, 6) is -1.84. The van der Waals surface area contributed by atoms with E-state index >= 15 is 0 Å². The van der Waals surface area contributed by atoms with Crippen molar-refractivity contribution in [2.24, 2.45) is 0 Å². The zero-order valence-electron chi connectivity index (χ0n) is 20.8. The Morgan fingerprint density at radius 3 is 1.56 bits per heavy atom. The predicted octanol–water partition coefficient (Wildman–Crippen LogP) is 7.59. The highest BCUT2D eigenvalue weighted by Crippen LogP contribution is 2.48. The van der Waals surface area contributed by atoms with Crippen LogP contribution >= 0.6 is 11.8 Å². The Labute approximate surface area is 228 Å². The van der Waals surface area contributed by atoms with Crippen molar-refractivity contribution in [1.29, 1.82) is 0 Å². The van der Waals surface area contributed by atoms with Gasteiger partial charge in [0.2, 0.25) is 0 Å². The molecule has 0 aliphatic heterocycles. The third kappa shape index (κ3) is 6.69. The number of thioether (sulfide) groups is 1. The normalized spacial score (nSPS) is 13.5. The van der Waals surface area contributed by atoms with E-state index in [4.69, 9.17) is 0 Å². The number of aliphatic carboxylic acids is 1. The molecule has 0 fully saturated rings. The highest BCUT2D eigenvalue weighted by Gasteiger charge is 2.43. The lowest BCUT2D eigenvalue weighted by atomic mass is 9.84. The smallest absolute Gasteiger partial charge is 0.407 e. The number of carbonyl (C=O) groups is 1. The number of rotatable bonds is 11. The third-order valence-electron chi connectivity index (χ3n) is 6.46. The second-order valence-electron chi connectivity index (χ2n) is 9.00. The van der Waals surface area contributed by atoms with Gasteiger partial charge < -0.3 is 5.11 Å². The van der Waals surface area contributed by atoms with Crippen LogP contribution in [0.3, 0.4) is 0 Å². The molecule has 0 aliphatic rings. The van der Waals surface area contributed by atoms with Crippen molar-refractivity contribution < 1.29 is 27.5 Å². The lowest BCUT2D eigenvalue weighted by molar-refractivity contribution is -0.163. The molecule has 3 nitrogen and oxygen atoms in total. The summed E-state index contributed by atoms with van der Waals surface area (Å²) in [4.78, 5) is 12.1. The van der Waals surface area contributed by atoms with Gasteiger partial charge in [-0.1, -0.05) is 103 Å². The summed E-state index contributed by atoms with van der Waals surface area (Å²) in [5.41, 5.74) is 2.64. The van der Waals surface area contributed by atoms with E-state index in [-0.39, 0.29) is 17.7 Å². The second-order valence-corrected chi connectivity index (χ2v) is 10.3. The molecule has 8 heteroatoms. The Morgan fingerprint density at radius 2 is 1.18 bits per heavy atom. The van der Waals surface area contributed by atoms with Gasteiger partial charge in [0.1, 0.15) is 17.9 Å². The molecule has 4 aromatic carbocycles. The molecule has 0 spiro atoms. The van der Waals surface area contributed by atoms with Crippen molar-refractivity contribution in [1.82, 2.24) is 5.32 Å². The average Bonchev–Trinajstić information content (AvgIpc) is 2.94. The predicted molar refractivity (Wildman–Crippen MR) is 146 cm³/mol. The molecule has 0 saturated heterocycles. The van der Waals surface area contributed by atoms with Crippen molar-refractivity contribution in [3.05, 3.63) is 143 Å². The number of hydrogen-bond acceptors (Lipinski definition) is 3. The molecule has 4 rings (SSSR count). The van der Waals surface area contributed by atoms with E-state index in [1.165, 1.54) is 11.8 Å². The van der Waals surface area contributed by atoms with Crippen molar-refractivity contribution in [3.63, 3.8) is 0 Å². The number of hydrogen-bond donors (Lipinski definition) is 2. The molecule has 0 heterocycles. The van der Waals surface area contributed by atoms with Gasteiger partial charge in [-0.05, 0) is 46.6 Å². The van der Waals surface area contributed by atoms with Crippen LogP contribution < -0.4 is 5.32 Å². The molecule has 0 bridgehead atoms. The molecular formula is C31H27F4NO2S. The second kappa shape index (κ2) is 12.5. The van der Waals surface area contributed by atoms with Crippen LogP contribution in [0.4, 0.5) is 17.6 Å². The van der Waals surface area contributed by atoms with E-state index in [2.05, 4.69) is 5.32 Å². The van der Waals surface area contributed by atoms with Gasteiger partial charge in [0.05, 0.1) is 4.75 Å². The summed E-state index contributed by atoms with van der Waals surface area (Å²) >= 11 is 1.47. The average molecular weight is 554 g/mol. The van der Waals surface area contributed by atoms with Crippen LogP contribution in [0.1, 0.15) is 34.7 Å². The first kappa shape index (κ1) is 28.4. The van der Waals surface area contributed by atoms with Gasteiger partial charge in [0.25, 0.3) is 0 Å². The maximum absolute atomic E-state index is 14.0. The summed E-state index contributed by atoms with van der Waals surface area (Å²) in [7, 11) is 0. The first-order valence-corrected chi connectivity index (χ1v) is 13.3. The van der Waals surface area contributed by atoms with E-state index in [1.807, 2.05) is 91.0 Å². The van der Waals surface area contributed by atoms with Gasteiger partial charge in [-0.3, -0.25) is 10.1 Å². The Balaban J connectivity index is 1.66. The fourth-order valence-corrected chi connectivity index (χ4v) is 6.18. The van der Waals surface area contributed by atoms with Crippen molar-refractivity contribution in [2.75, 3.05) is 5.75 Å². The molecule has 0 amide bonds. The first-order chi connectivity index (χ1) is 18.7. The molecule has 4 aromatic rings. The molecule has 2 N–H and O–H groups in total. The zero-order valence-corrected chi connectivity index (χ0v) is 21.6. The summed E-state index contributed by atoms with van der Waals surface area (Å²) in [6, 6.07) is 29.4. The van der Waals surface area contributed by atoms with Crippen LogP contribution in [0.5, 0.6) is 0 Å². The Bertz CT molecular complexity index is 1240. The third-order valence-corrected chi connectivity index (χ3v) is 8.04. The molecule has 0 radical (unpaired) electrons. The van der Waals surface area contributed by atoms with Crippen molar-refractivity contribution >= 4 is 17.7 Å². The molecule has 39 heavy (non-hydrogen) atoms. The minimum Gasteiger partial charge on any atom is -0.480 e. The number of alkyl halides is 3. The number of benzene rings is 4. The molecule has 0 saturated carbocycles. The Kier molecular flexibility index (Phi) is 9.09. The van der Waals surface area contributed by atoms with E-state index in [1.54, 1.807) is 0 Å². The number of carboxylic acid groups (broad SMARTS) is 1. The number of carboxylic acids is 1. The maximum Gasteiger partial charge on any atom is 0.407 e. The van der Waals surface area contributed by atoms with Crippen LogP contribution in [0.25, 0.3) is 0 Å². The molecule has 1 unspecified atom stereocenters. The SMILES string of the molecule is O=C(O)C(CCSC(c1ccccc1)(c1ccccc1)c1ccccc1)N[C@@H](c1ccc(F)cc1)C(F)(F)F. The van der Waals surface area contributed by atoms with Crippen LogP contribution in [-0.4, -0.2) is 29.0 Å². The lowest BCUT2D eigenvalue weighted by Crippen LogP contribution is -2.45. The maximum atomic E-state index is 14.0. The van der Waals surface area contributed by atoms with Gasteiger partial charge in [0, 0.05) is 0 Å². The first-order valence-electron chi connectivity index (χ1n) is 12.3. The Hall–Kier alpha value is -3.62. The zero-order chi connectivity index (χ0) is 27.9. The van der Waals surface area contributed by atoms with E-state index in [9.17, 15) is 27.5 Å². The molecule has 202 valence electrons.